The van der Waals surface area contributed by atoms with E-state index in [1.54, 1.807) is 7.11 Å². The molecule has 108 valence electrons. The number of carbonyl (C=O) groups is 2. The Balaban J connectivity index is 2.31. The molecule has 0 fully saturated rings. The quantitative estimate of drug-likeness (QED) is 0.346. The Bertz CT molecular complexity index is 469. The summed E-state index contributed by atoms with van der Waals surface area (Å²) in [5.74, 6) is -1.49. The lowest BCUT2D eigenvalue weighted by Gasteiger charge is -2.03. The molecule has 0 aliphatic heterocycles. The molecule has 0 radical (unpaired) electrons. The minimum absolute atomic E-state index is 0.391. The van der Waals surface area contributed by atoms with Crippen molar-refractivity contribution in [1.29, 1.82) is 0 Å². The summed E-state index contributed by atoms with van der Waals surface area (Å²) in [5.41, 5.74) is 4.16. The molecule has 0 atom stereocenters. The molecule has 0 saturated heterocycles. The van der Waals surface area contributed by atoms with Gasteiger partial charge in [0.15, 0.2) is 0 Å². The zero-order valence-electron chi connectivity index (χ0n) is 11.7. The molecular formula is C14H19N3O3. The van der Waals surface area contributed by atoms with Gasteiger partial charge in [0.2, 0.25) is 0 Å². The summed E-state index contributed by atoms with van der Waals surface area (Å²) >= 11 is 0. The van der Waals surface area contributed by atoms with Crippen molar-refractivity contribution in [2.45, 2.75) is 13.3 Å². The van der Waals surface area contributed by atoms with Crippen LogP contribution in [0.5, 0.6) is 0 Å². The summed E-state index contributed by atoms with van der Waals surface area (Å²) < 4.78 is 4.83. The van der Waals surface area contributed by atoms with E-state index in [2.05, 4.69) is 15.8 Å². The highest BCUT2D eigenvalue weighted by atomic mass is 16.5. The van der Waals surface area contributed by atoms with E-state index in [1.807, 2.05) is 31.2 Å². The van der Waals surface area contributed by atoms with E-state index in [1.165, 1.54) is 6.21 Å². The molecule has 1 aromatic rings. The van der Waals surface area contributed by atoms with E-state index >= 15 is 0 Å². The average Bonchev–Trinajstić information content (AvgIpc) is 2.45. The van der Waals surface area contributed by atoms with Gasteiger partial charge in [-0.15, -0.1) is 0 Å². The number of hydrazone groups is 1. The number of amides is 2. The Kier molecular flexibility index (Phi) is 6.99. The zero-order chi connectivity index (χ0) is 14.8. The summed E-state index contributed by atoms with van der Waals surface area (Å²) in [6.07, 6.45) is 2.14. The Morgan fingerprint density at radius 1 is 1.25 bits per heavy atom. The van der Waals surface area contributed by atoms with Gasteiger partial charge in [0.25, 0.3) is 0 Å². The van der Waals surface area contributed by atoms with Gasteiger partial charge in [-0.2, -0.15) is 5.10 Å². The lowest BCUT2D eigenvalue weighted by molar-refractivity contribution is -0.139. The number of hydrogen-bond donors (Lipinski definition) is 2. The van der Waals surface area contributed by atoms with Crippen LogP contribution < -0.4 is 10.7 Å². The number of nitrogens with one attached hydrogen (secondary N) is 2. The molecule has 1 rings (SSSR count). The molecule has 6 nitrogen and oxygen atoms in total. The molecule has 0 spiro atoms. The second kappa shape index (κ2) is 8.82. The first kappa shape index (κ1) is 15.8. The van der Waals surface area contributed by atoms with Gasteiger partial charge in [0.1, 0.15) is 0 Å². The van der Waals surface area contributed by atoms with Crippen molar-refractivity contribution in [3.05, 3.63) is 35.4 Å². The second-order valence-electron chi connectivity index (χ2n) is 4.21. The molecule has 0 bridgehead atoms. The molecule has 20 heavy (non-hydrogen) atoms. The molecule has 1 aromatic carbocycles. The highest BCUT2D eigenvalue weighted by Gasteiger charge is 2.10. The van der Waals surface area contributed by atoms with Crippen LogP contribution in [0.25, 0.3) is 0 Å². The molecular weight excluding hydrogens is 258 g/mol. The first-order valence-corrected chi connectivity index (χ1v) is 6.30. The fourth-order valence-electron chi connectivity index (χ4n) is 1.37. The topological polar surface area (TPSA) is 79.8 Å². The molecule has 0 aliphatic carbocycles. The van der Waals surface area contributed by atoms with Crippen molar-refractivity contribution in [3.63, 3.8) is 0 Å². The maximum Gasteiger partial charge on any atom is 0.329 e. The predicted octanol–water partition coefficient (Wildman–Crippen LogP) is 0.598. The van der Waals surface area contributed by atoms with Crippen LogP contribution >= 0.6 is 0 Å². The number of nitrogens with zero attached hydrogens (tertiary/aromatic N) is 1. The van der Waals surface area contributed by atoms with Crippen molar-refractivity contribution in [2.24, 2.45) is 5.10 Å². The highest BCUT2D eigenvalue weighted by Crippen LogP contribution is 1.99. The van der Waals surface area contributed by atoms with Crippen LogP contribution in [0.15, 0.2) is 29.4 Å². The molecule has 2 amide bonds. The smallest absolute Gasteiger partial charge is 0.329 e. The van der Waals surface area contributed by atoms with E-state index in [9.17, 15) is 9.59 Å². The third-order valence-electron chi connectivity index (χ3n) is 2.47. The van der Waals surface area contributed by atoms with E-state index < -0.39 is 11.8 Å². The van der Waals surface area contributed by atoms with Crippen molar-refractivity contribution in [3.8, 4) is 0 Å². The SMILES string of the molecule is COCCCNC(=O)C(=O)N/N=C\c1ccc(C)cc1. The number of ether oxygens (including phenoxy) is 1. The number of hydrogen-bond acceptors (Lipinski definition) is 4. The van der Waals surface area contributed by atoms with Gasteiger partial charge in [-0.25, -0.2) is 5.43 Å². The van der Waals surface area contributed by atoms with Gasteiger partial charge >= 0.3 is 11.8 Å². The van der Waals surface area contributed by atoms with Crippen LogP contribution in [-0.4, -0.2) is 38.3 Å². The Morgan fingerprint density at radius 3 is 2.60 bits per heavy atom. The van der Waals surface area contributed by atoms with Crippen LogP contribution in [0.3, 0.4) is 0 Å². The standard InChI is InChI=1S/C14H19N3O3/c1-11-4-6-12(7-5-11)10-16-17-14(19)13(18)15-8-3-9-20-2/h4-7,10H,3,8-9H2,1-2H3,(H,15,18)(H,17,19)/b16-10-. The predicted molar refractivity (Wildman–Crippen MR) is 76.4 cm³/mol. The normalized spacial score (nSPS) is 10.5. The minimum atomic E-state index is -0.786. The van der Waals surface area contributed by atoms with Crippen molar-refractivity contribution in [2.75, 3.05) is 20.3 Å². The summed E-state index contributed by atoms with van der Waals surface area (Å²) in [5, 5.41) is 6.20. The van der Waals surface area contributed by atoms with E-state index in [4.69, 9.17) is 4.74 Å². The van der Waals surface area contributed by atoms with Gasteiger partial charge in [0.05, 0.1) is 6.21 Å². The van der Waals surface area contributed by atoms with Crippen LogP contribution in [-0.2, 0) is 14.3 Å². The van der Waals surface area contributed by atoms with Crippen LogP contribution in [0, 0.1) is 6.92 Å². The zero-order valence-corrected chi connectivity index (χ0v) is 11.7. The third kappa shape index (κ3) is 6.10. The second-order valence-corrected chi connectivity index (χ2v) is 4.21. The molecule has 0 aliphatic rings. The van der Waals surface area contributed by atoms with Crippen molar-refractivity contribution in [1.82, 2.24) is 10.7 Å². The van der Waals surface area contributed by atoms with Gasteiger partial charge < -0.3 is 10.1 Å². The maximum absolute atomic E-state index is 11.4. The summed E-state index contributed by atoms with van der Waals surface area (Å²) in [7, 11) is 1.58. The summed E-state index contributed by atoms with van der Waals surface area (Å²) in [4.78, 5) is 22.7. The first-order chi connectivity index (χ1) is 9.63. The van der Waals surface area contributed by atoms with Crippen molar-refractivity contribution < 1.29 is 14.3 Å². The summed E-state index contributed by atoms with van der Waals surface area (Å²) in [6.45, 7) is 2.91. The number of aryl methyl sites for hydroxylation is 1. The number of carbonyl (C=O) groups excluding carboxylic acids is 2. The van der Waals surface area contributed by atoms with Crippen molar-refractivity contribution >= 4 is 18.0 Å². The van der Waals surface area contributed by atoms with E-state index in [0.717, 1.165) is 11.1 Å². The van der Waals surface area contributed by atoms with Gasteiger partial charge in [-0.1, -0.05) is 29.8 Å². The van der Waals surface area contributed by atoms with E-state index in [0.29, 0.717) is 19.6 Å². The number of rotatable bonds is 6. The van der Waals surface area contributed by atoms with E-state index in [-0.39, 0.29) is 0 Å². The Labute approximate surface area is 118 Å². The fraction of sp³-hybridized carbons (Fsp3) is 0.357. The third-order valence-corrected chi connectivity index (χ3v) is 2.47. The molecule has 2 N–H and O–H groups in total. The Hall–Kier alpha value is -2.21. The van der Waals surface area contributed by atoms with Gasteiger partial charge in [-0.3, -0.25) is 9.59 Å². The monoisotopic (exact) mass is 277 g/mol. The lowest BCUT2D eigenvalue weighted by atomic mass is 10.2. The number of benzene rings is 1. The largest absolute Gasteiger partial charge is 0.385 e. The molecule has 6 heteroatoms. The average molecular weight is 277 g/mol. The van der Waals surface area contributed by atoms with Crippen LogP contribution in [0.1, 0.15) is 17.5 Å². The molecule has 0 aromatic heterocycles. The maximum atomic E-state index is 11.4. The number of methoxy groups -OCH3 is 1. The minimum Gasteiger partial charge on any atom is -0.385 e. The first-order valence-electron chi connectivity index (χ1n) is 6.30. The molecule has 0 unspecified atom stereocenters. The Morgan fingerprint density at radius 2 is 1.95 bits per heavy atom. The lowest BCUT2D eigenvalue weighted by Crippen LogP contribution is -2.38. The highest BCUT2D eigenvalue weighted by molar-refractivity contribution is 6.35. The van der Waals surface area contributed by atoms with Crippen LogP contribution in [0.4, 0.5) is 0 Å². The fourth-order valence-corrected chi connectivity index (χ4v) is 1.37. The van der Waals surface area contributed by atoms with Crippen LogP contribution in [0.2, 0.25) is 0 Å². The summed E-state index contributed by atoms with van der Waals surface area (Å²) in [6, 6.07) is 7.61. The molecule has 0 heterocycles. The molecule has 0 saturated carbocycles. The van der Waals surface area contributed by atoms with Gasteiger partial charge in [-0.05, 0) is 18.9 Å². The van der Waals surface area contributed by atoms with Gasteiger partial charge in [0, 0.05) is 20.3 Å².